The van der Waals surface area contributed by atoms with Gasteiger partial charge in [-0.25, -0.2) is 4.79 Å². The topological polar surface area (TPSA) is 109 Å². The molecule has 0 saturated heterocycles. The number of rotatable bonds is 5. The van der Waals surface area contributed by atoms with Crippen LogP contribution in [0.3, 0.4) is 0 Å². The van der Waals surface area contributed by atoms with Crippen LogP contribution >= 0.6 is 0 Å². The quantitative estimate of drug-likeness (QED) is 0.702. The van der Waals surface area contributed by atoms with E-state index in [-0.39, 0.29) is 19.0 Å². The minimum absolute atomic E-state index is 0.107. The minimum Gasteiger partial charge on any atom is -0.497 e. The number of methoxy groups -OCH3 is 1. The van der Waals surface area contributed by atoms with Gasteiger partial charge < -0.3 is 25.0 Å². The average molecular weight is 398 g/mol. The lowest BCUT2D eigenvalue weighted by Gasteiger charge is -2.34. The number of likely N-dealkylation sites (N-methyl/N-ethyl adjacent to an activating group) is 1. The Kier molecular flexibility index (Phi) is 6.18. The van der Waals surface area contributed by atoms with Gasteiger partial charge in [0.05, 0.1) is 25.9 Å². The van der Waals surface area contributed by atoms with Gasteiger partial charge >= 0.3 is 6.03 Å². The van der Waals surface area contributed by atoms with Crippen LogP contribution in [0.5, 0.6) is 11.5 Å². The Labute approximate surface area is 168 Å². The van der Waals surface area contributed by atoms with Gasteiger partial charge in [-0.2, -0.15) is 0 Å². The standard InChI is InChI=1S/C20H22N4O5/c1-21-19(26)17-11-24(15-5-3-4-6-16(15)29-17)12-18(25)23-20(27)22-13-7-9-14(28-2)10-8-13/h3-10,17H,11-12H2,1-2H3,(H,21,26)(H2,22,23,25,27). The first-order chi connectivity index (χ1) is 14.0. The normalized spacial score (nSPS) is 14.8. The Bertz CT molecular complexity index is 900. The number of hydrogen-bond donors (Lipinski definition) is 3. The van der Waals surface area contributed by atoms with Gasteiger partial charge in [0.2, 0.25) is 5.91 Å². The zero-order valence-corrected chi connectivity index (χ0v) is 16.1. The molecule has 1 unspecified atom stereocenters. The average Bonchev–Trinajstić information content (AvgIpc) is 2.73. The van der Waals surface area contributed by atoms with Crippen molar-refractivity contribution in [3.63, 3.8) is 0 Å². The smallest absolute Gasteiger partial charge is 0.325 e. The number of nitrogens with zero attached hydrogens (tertiary/aromatic N) is 1. The predicted octanol–water partition coefficient (Wildman–Crippen LogP) is 1.36. The highest BCUT2D eigenvalue weighted by molar-refractivity contribution is 6.02. The molecule has 3 N–H and O–H groups in total. The number of urea groups is 1. The van der Waals surface area contributed by atoms with Gasteiger partial charge in [0.15, 0.2) is 6.10 Å². The van der Waals surface area contributed by atoms with Crippen molar-refractivity contribution < 1.29 is 23.9 Å². The van der Waals surface area contributed by atoms with Crippen LogP contribution in [0.25, 0.3) is 0 Å². The number of ether oxygens (including phenoxy) is 2. The summed E-state index contributed by atoms with van der Waals surface area (Å²) in [5.74, 6) is 0.358. The maximum atomic E-state index is 12.4. The molecule has 0 spiro atoms. The SMILES string of the molecule is CNC(=O)C1CN(CC(=O)NC(=O)Nc2ccc(OC)cc2)c2ccccc2O1. The number of amides is 4. The molecule has 1 heterocycles. The van der Waals surface area contributed by atoms with Crippen LogP contribution in [0.1, 0.15) is 0 Å². The molecule has 1 aliphatic heterocycles. The fourth-order valence-electron chi connectivity index (χ4n) is 2.93. The first kappa shape index (κ1) is 20.0. The third-order valence-electron chi connectivity index (χ3n) is 4.34. The summed E-state index contributed by atoms with van der Waals surface area (Å²) in [5.41, 5.74) is 1.20. The van der Waals surface area contributed by atoms with Gasteiger partial charge in [-0.3, -0.25) is 14.9 Å². The Morgan fingerprint density at radius 2 is 1.86 bits per heavy atom. The molecule has 9 heteroatoms. The Morgan fingerprint density at radius 1 is 1.14 bits per heavy atom. The van der Waals surface area contributed by atoms with E-state index in [1.165, 1.54) is 7.05 Å². The van der Waals surface area contributed by atoms with Crippen molar-refractivity contribution in [2.75, 3.05) is 37.5 Å². The second-order valence-corrected chi connectivity index (χ2v) is 6.30. The van der Waals surface area contributed by atoms with E-state index in [0.717, 1.165) is 0 Å². The summed E-state index contributed by atoms with van der Waals surface area (Å²) in [6.07, 6.45) is -0.754. The Morgan fingerprint density at radius 3 is 2.55 bits per heavy atom. The highest BCUT2D eigenvalue weighted by Gasteiger charge is 2.31. The molecule has 4 amide bonds. The Hall–Kier alpha value is -3.75. The summed E-state index contributed by atoms with van der Waals surface area (Å²) >= 11 is 0. The van der Waals surface area contributed by atoms with Crippen LogP contribution in [0.2, 0.25) is 0 Å². The van der Waals surface area contributed by atoms with Crippen molar-refractivity contribution in [1.82, 2.24) is 10.6 Å². The fraction of sp³-hybridized carbons (Fsp3) is 0.250. The summed E-state index contributed by atoms with van der Waals surface area (Å²) in [7, 11) is 3.07. The van der Waals surface area contributed by atoms with Crippen molar-refractivity contribution >= 4 is 29.2 Å². The van der Waals surface area contributed by atoms with Crippen molar-refractivity contribution in [2.45, 2.75) is 6.10 Å². The molecule has 0 bridgehead atoms. The molecule has 2 aromatic rings. The molecule has 0 aliphatic carbocycles. The first-order valence-corrected chi connectivity index (χ1v) is 8.97. The molecule has 0 aromatic heterocycles. The molecule has 0 saturated carbocycles. The van der Waals surface area contributed by atoms with Crippen molar-refractivity contribution in [3.05, 3.63) is 48.5 Å². The zero-order chi connectivity index (χ0) is 20.8. The monoisotopic (exact) mass is 398 g/mol. The number of nitrogens with one attached hydrogen (secondary N) is 3. The largest absolute Gasteiger partial charge is 0.497 e. The first-order valence-electron chi connectivity index (χ1n) is 8.97. The van der Waals surface area contributed by atoms with Crippen molar-refractivity contribution in [2.24, 2.45) is 0 Å². The lowest BCUT2D eigenvalue weighted by molar-refractivity contribution is -0.127. The lowest BCUT2D eigenvalue weighted by Crippen LogP contribution is -2.51. The molecule has 0 radical (unpaired) electrons. The van der Waals surface area contributed by atoms with Gasteiger partial charge in [0.1, 0.15) is 11.5 Å². The van der Waals surface area contributed by atoms with Gasteiger partial charge in [-0.05, 0) is 36.4 Å². The van der Waals surface area contributed by atoms with Crippen LogP contribution < -0.4 is 30.3 Å². The van der Waals surface area contributed by atoms with Gasteiger partial charge in [0.25, 0.3) is 5.91 Å². The van der Waals surface area contributed by atoms with E-state index >= 15 is 0 Å². The number of imide groups is 1. The summed E-state index contributed by atoms with van der Waals surface area (Å²) in [6.45, 7) is 0.0775. The molecular formula is C20H22N4O5. The summed E-state index contributed by atoms with van der Waals surface area (Å²) in [6, 6.07) is 13.2. The molecule has 29 heavy (non-hydrogen) atoms. The summed E-state index contributed by atoms with van der Waals surface area (Å²) in [5, 5.41) is 7.42. The molecule has 1 atom stereocenters. The third-order valence-corrected chi connectivity index (χ3v) is 4.34. The molecule has 1 aliphatic rings. The van der Waals surface area contributed by atoms with E-state index in [1.807, 2.05) is 6.07 Å². The van der Waals surface area contributed by atoms with Gasteiger partial charge in [0, 0.05) is 12.7 Å². The van der Waals surface area contributed by atoms with Crippen molar-refractivity contribution in [3.8, 4) is 11.5 Å². The number of benzene rings is 2. The van der Waals surface area contributed by atoms with E-state index in [1.54, 1.807) is 54.5 Å². The minimum atomic E-state index is -0.754. The molecule has 152 valence electrons. The number of anilines is 2. The van der Waals surface area contributed by atoms with Crippen LogP contribution in [-0.4, -0.2) is 51.2 Å². The van der Waals surface area contributed by atoms with Crippen LogP contribution in [-0.2, 0) is 9.59 Å². The lowest BCUT2D eigenvalue weighted by atomic mass is 10.1. The fourth-order valence-corrected chi connectivity index (χ4v) is 2.93. The summed E-state index contributed by atoms with van der Waals surface area (Å²) in [4.78, 5) is 38.2. The second kappa shape index (κ2) is 8.96. The summed E-state index contributed by atoms with van der Waals surface area (Å²) < 4.78 is 10.8. The van der Waals surface area contributed by atoms with Gasteiger partial charge in [-0.1, -0.05) is 12.1 Å². The number of fused-ring (bicyclic) bond motifs is 1. The molecule has 9 nitrogen and oxygen atoms in total. The molecule has 0 fully saturated rings. The van der Waals surface area contributed by atoms with E-state index in [0.29, 0.717) is 22.9 Å². The third kappa shape index (κ3) is 4.95. The molecular weight excluding hydrogens is 376 g/mol. The van der Waals surface area contributed by atoms with Crippen LogP contribution in [0, 0.1) is 0 Å². The van der Waals surface area contributed by atoms with Gasteiger partial charge in [-0.15, -0.1) is 0 Å². The van der Waals surface area contributed by atoms with E-state index < -0.39 is 18.0 Å². The van der Waals surface area contributed by atoms with Crippen LogP contribution in [0.15, 0.2) is 48.5 Å². The van der Waals surface area contributed by atoms with E-state index in [9.17, 15) is 14.4 Å². The second-order valence-electron chi connectivity index (χ2n) is 6.30. The molecule has 3 rings (SSSR count). The highest BCUT2D eigenvalue weighted by atomic mass is 16.5. The van der Waals surface area contributed by atoms with Crippen LogP contribution in [0.4, 0.5) is 16.2 Å². The maximum Gasteiger partial charge on any atom is 0.325 e. The number of carbonyl (C=O) groups excluding carboxylic acids is 3. The highest BCUT2D eigenvalue weighted by Crippen LogP contribution is 2.32. The van der Waals surface area contributed by atoms with E-state index in [2.05, 4.69) is 16.0 Å². The number of carbonyl (C=O) groups is 3. The Balaban J connectivity index is 1.62. The van der Waals surface area contributed by atoms with E-state index in [4.69, 9.17) is 9.47 Å². The zero-order valence-electron chi connectivity index (χ0n) is 16.1. The number of hydrogen-bond acceptors (Lipinski definition) is 6. The number of para-hydroxylation sites is 2. The maximum absolute atomic E-state index is 12.4. The predicted molar refractivity (Wildman–Crippen MR) is 107 cm³/mol. The van der Waals surface area contributed by atoms with Crippen molar-refractivity contribution in [1.29, 1.82) is 0 Å². The molecule has 2 aromatic carbocycles.